The van der Waals surface area contributed by atoms with E-state index < -0.39 is 0 Å². The highest BCUT2D eigenvalue weighted by atomic mass is 15.0. The normalized spacial score (nSPS) is 40.8. The molecule has 2 rings (SSSR count). The van der Waals surface area contributed by atoms with Crippen LogP contribution in [0.3, 0.4) is 0 Å². The molecule has 0 N–H and O–H groups in total. The van der Waals surface area contributed by atoms with Crippen molar-refractivity contribution in [1.82, 2.24) is 5.32 Å². The fourth-order valence-electron chi connectivity index (χ4n) is 2.21. The average molecular weight is 138 g/mol. The van der Waals surface area contributed by atoms with Crippen LogP contribution in [0.5, 0.6) is 0 Å². The first-order chi connectivity index (χ1) is 4.95. The van der Waals surface area contributed by atoms with E-state index in [1.165, 1.54) is 44.9 Å². The van der Waals surface area contributed by atoms with Crippen molar-refractivity contribution in [3.63, 3.8) is 0 Å². The van der Waals surface area contributed by atoms with E-state index in [-0.39, 0.29) is 0 Å². The van der Waals surface area contributed by atoms with E-state index in [1.54, 1.807) is 0 Å². The molecule has 2 bridgehead atoms. The van der Waals surface area contributed by atoms with Crippen molar-refractivity contribution in [1.29, 1.82) is 0 Å². The molecule has 10 heavy (non-hydrogen) atoms. The van der Waals surface area contributed by atoms with Crippen molar-refractivity contribution in [2.45, 2.75) is 57.0 Å². The second-order valence-electron chi connectivity index (χ2n) is 3.67. The molecule has 2 heterocycles. The zero-order chi connectivity index (χ0) is 6.81. The van der Waals surface area contributed by atoms with Gasteiger partial charge in [0.25, 0.3) is 0 Å². The van der Waals surface area contributed by atoms with Crippen LogP contribution >= 0.6 is 0 Å². The van der Waals surface area contributed by atoms with E-state index in [1.807, 2.05) is 0 Å². The lowest BCUT2D eigenvalue weighted by molar-refractivity contribution is 0.415. The fraction of sp³-hybridized carbons (Fsp3) is 1.00. The van der Waals surface area contributed by atoms with Crippen molar-refractivity contribution >= 4 is 0 Å². The molecule has 1 heteroatoms. The molecular formula is C9H16N. The summed E-state index contributed by atoms with van der Waals surface area (Å²) in [6, 6.07) is 1.54. The fourth-order valence-corrected chi connectivity index (χ4v) is 2.21. The maximum Gasteiger partial charge on any atom is 0.0249 e. The van der Waals surface area contributed by atoms with Crippen LogP contribution < -0.4 is 5.32 Å². The van der Waals surface area contributed by atoms with Crippen LogP contribution in [0.4, 0.5) is 0 Å². The van der Waals surface area contributed by atoms with Crippen molar-refractivity contribution in [3.05, 3.63) is 0 Å². The molecule has 2 aliphatic rings. The Labute approximate surface area is 63.2 Å². The lowest BCUT2D eigenvalue weighted by Crippen LogP contribution is -2.23. The minimum Gasteiger partial charge on any atom is -0.235 e. The largest absolute Gasteiger partial charge is 0.235 e. The van der Waals surface area contributed by atoms with Crippen molar-refractivity contribution in [3.8, 4) is 0 Å². The molecule has 2 unspecified atom stereocenters. The van der Waals surface area contributed by atoms with Gasteiger partial charge in [0.1, 0.15) is 0 Å². The van der Waals surface area contributed by atoms with Crippen LogP contribution in [0.25, 0.3) is 0 Å². The summed E-state index contributed by atoms with van der Waals surface area (Å²) >= 11 is 0. The van der Waals surface area contributed by atoms with Crippen molar-refractivity contribution in [2.24, 2.45) is 0 Å². The second kappa shape index (κ2) is 2.91. The van der Waals surface area contributed by atoms with Gasteiger partial charge in [0.15, 0.2) is 0 Å². The highest BCUT2D eigenvalue weighted by molar-refractivity contribution is 4.84. The Bertz CT molecular complexity index is 99.3. The van der Waals surface area contributed by atoms with Crippen molar-refractivity contribution < 1.29 is 0 Å². The summed E-state index contributed by atoms with van der Waals surface area (Å²) < 4.78 is 0. The molecular weight excluding hydrogens is 122 g/mol. The molecule has 0 spiro atoms. The van der Waals surface area contributed by atoms with E-state index in [0.717, 1.165) is 12.1 Å². The van der Waals surface area contributed by atoms with Gasteiger partial charge in [-0.15, -0.1) is 0 Å². The first-order valence-electron chi connectivity index (χ1n) is 4.65. The van der Waals surface area contributed by atoms with Gasteiger partial charge in [-0.3, -0.25) is 0 Å². The monoisotopic (exact) mass is 138 g/mol. The zero-order valence-corrected chi connectivity index (χ0v) is 6.55. The van der Waals surface area contributed by atoms with Crippen LogP contribution in [0.2, 0.25) is 0 Å². The first-order valence-corrected chi connectivity index (χ1v) is 4.65. The highest BCUT2D eigenvalue weighted by Gasteiger charge is 2.25. The van der Waals surface area contributed by atoms with Crippen molar-refractivity contribution in [2.75, 3.05) is 0 Å². The summed E-state index contributed by atoms with van der Waals surface area (Å²) in [6.45, 7) is 0. The van der Waals surface area contributed by atoms with E-state index in [2.05, 4.69) is 0 Å². The van der Waals surface area contributed by atoms with Crippen LogP contribution in [0.1, 0.15) is 44.9 Å². The summed E-state index contributed by atoms with van der Waals surface area (Å²) in [6.07, 6.45) is 9.88. The van der Waals surface area contributed by atoms with Gasteiger partial charge in [-0.05, 0) is 25.7 Å². The number of hydrogen-bond acceptors (Lipinski definition) is 0. The van der Waals surface area contributed by atoms with E-state index >= 15 is 0 Å². The second-order valence-corrected chi connectivity index (χ2v) is 3.67. The predicted octanol–water partition coefficient (Wildman–Crippen LogP) is 2.09. The molecule has 1 radical (unpaired) electrons. The van der Waals surface area contributed by atoms with Crippen LogP contribution in [0, 0.1) is 0 Å². The molecule has 2 aliphatic heterocycles. The lowest BCUT2D eigenvalue weighted by Gasteiger charge is -2.15. The summed E-state index contributed by atoms with van der Waals surface area (Å²) in [5.74, 6) is 0. The van der Waals surface area contributed by atoms with Crippen LogP contribution in [-0.2, 0) is 0 Å². The SMILES string of the molecule is C1CCC2CCC(CC1)[N]2. The Morgan fingerprint density at radius 3 is 1.90 bits per heavy atom. The number of rotatable bonds is 0. The predicted molar refractivity (Wildman–Crippen MR) is 42.0 cm³/mol. The van der Waals surface area contributed by atoms with E-state index in [4.69, 9.17) is 5.32 Å². The standard InChI is InChI=1S/C9H16N/c1-2-4-8-6-7-9(10-8)5-3-1/h8-9H,1-7H2. The van der Waals surface area contributed by atoms with Crippen LogP contribution in [0.15, 0.2) is 0 Å². The molecule has 0 amide bonds. The minimum absolute atomic E-state index is 0.769. The molecule has 0 aliphatic carbocycles. The van der Waals surface area contributed by atoms with Gasteiger partial charge >= 0.3 is 0 Å². The Hall–Kier alpha value is -0.0400. The zero-order valence-electron chi connectivity index (χ0n) is 6.55. The topological polar surface area (TPSA) is 14.1 Å². The third kappa shape index (κ3) is 1.34. The van der Waals surface area contributed by atoms with Gasteiger partial charge in [-0.2, -0.15) is 0 Å². The molecule has 2 saturated heterocycles. The smallest absolute Gasteiger partial charge is 0.0249 e. The summed E-state index contributed by atoms with van der Waals surface area (Å²) in [5, 5.41) is 4.75. The van der Waals surface area contributed by atoms with Gasteiger partial charge in [-0.25, -0.2) is 5.32 Å². The highest BCUT2D eigenvalue weighted by Crippen LogP contribution is 2.25. The minimum atomic E-state index is 0.769. The average Bonchev–Trinajstić information content (AvgIpc) is 2.30. The Kier molecular flexibility index (Phi) is 1.94. The summed E-state index contributed by atoms with van der Waals surface area (Å²) in [5.41, 5.74) is 0. The molecule has 0 aromatic carbocycles. The number of nitrogens with zero attached hydrogens (tertiary/aromatic N) is 1. The lowest BCUT2D eigenvalue weighted by atomic mass is 10.1. The van der Waals surface area contributed by atoms with E-state index in [9.17, 15) is 0 Å². The maximum atomic E-state index is 4.75. The van der Waals surface area contributed by atoms with Gasteiger partial charge in [0, 0.05) is 12.1 Å². The summed E-state index contributed by atoms with van der Waals surface area (Å²) in [4.78, 5) is 0. The quantitative estimate of drug-likeness (QED) is 0.486. The number of fused-ring (bicyclic) bond motifs is 2. The van der Waals surface area contributed by atoms with Gasteiger partial charge in [0.2, 0.25) is 0 Å². The Morgan fingerprint density at radius 1 is 0.700 bits per heavy atom. The van der Waals surface area contributed by atoms with Gasteiger partial charge in [0.05, 0.1) is 0 Å². The number of hydrogen-bond donors (Lipinski definition) is 0. The maximum absolute atomic E-state index is 4.75. The van der Waals surface area contributed by atoms with Gasteiger partial charge in [-0.1, -0.05) is 19.3 Å². The first kappa shape index (κ1) is 6.66. The van der Waals surface area contributed by atoms with E-state index in [0.29, 0.717) is 0 Å². The molecule has 0 aromatic heterocycles. The molecule has 1 nitrogen and oxygen atoms in total. The molecule has 0 saturated carbocycles. The van der Waals surface area contributed by atoms with Crippen LogP contribution in [-0.4, -0.2) is 12.1 Å². The third-order valence-electron chi connectivity index (χ3n) is 2.83. The molecule has 2 atom stereocenters. The Balaban J connectivity index is 1.91. The molecule has 0 aromatic rings. The van der Waals surface area contributed by atoms with Gasteiger partial charge < -0.3 is 0 Å². The third-order valence-corrected chi connectivity index (χ3v) is 2.83. The molecule has 2 fully saturated rings. The summed E-state index contributed by atoms with van der Waals surface area (Å²) in [7, 11) is 0. The Morgan fingerprint density at radius 2 is 1.30 bits per heavy atom. The molecule has 57 valence electrons.